The number of benzene rings is 2. The number of carbonyl (C=O) groups is 4. The molecule has 1 aliphatic carbocycles. The summed E-state index contributed by atoms with van der Waals surface area (Å²) in [4.78, 5) is 51.7. The van der Waals surface area contributed by atoms with Crippen LogP contribution >= 0.6 is 11.6 Å². The number of aliphatic imine (C=N–C) groups is 1. The molecule has 9 heteroatoms. The van der Waals surface area contributed by atoms with E-state index in [1.807, 2.05) is 0 Å². The molecule has 2 aromatic carbocycles. The third-order valence-corrected chi connectivity index (χ3v) is 5.53. The fourth-order valence-electron chi connectivity index (χ4n) is 3.41. The molecule has 2 aromatic rings. The number of hydrogen-bond donors (Lipinski definition) is 3. The Morgan fingerprint density at radius 3 is 2.50 bits per heavy atom. The molecule has 8 nitrogen and oxygen atoms in total. The zero-order valence-electron chi connectivity index (χ0n) is 19.1. The van der Waals surface area contributed by atoms with Crippen LogP contribution in [0.15, 0.2) is 77.3 Å². The van der Waals surface area contributed by atoms with Crippen molar-refractivity contribution in [3.63, 3.8) is 0 Å². The number of nitrogens with zero attached hydrogens (tertiary/aromatic N) is 1. The van der Waals surface area contributed by atoms with Crippen molar-refractivity contribution in [2.75, 3.05) is 0 Å². The van der Waals surface area contributed by atoms with E-state index in [4.69, 9.17) is 16.7 Å². The van der Waals surface area contributed by atoms with Crippen molar-refractivity contribution in [1.29, 1.82) is 0 Å². The Kier molecular flexibility index (Phi) is 8.59. The minimum absolute atomic E-state index is 0.00245. The number of carboxylic acids is 2. The van der Waals surface area contributed by atoms with Gasteiger partial charge in [0.2, 0.25) is 0 Å². The maximum atomic E-state index is 12.6. The van der Waals surface area contributed by atoms with Crippen molar-refractivity contribution in [1.82, 2.24) is 5.32 Å². The molecule has 0 radical (unpaired) electrons. The molecular weight excluding hydrogens is 484 g/mol. The SMILES string of the molecule is Cc1cccc(Cl)c1C(=O)N=C1C=CC(C[C@H](NC(=O)c2cccc(/C=C/C(=O)O)c2)C(=O)O)=C[CH+]1. The minimum atomic E-state index is -1.22. The fourth-order valence-corrected chi connectivity index (χ4v) is 3.71. The second-order valence-corrected chi connectivity index (χ2v) is 8.29. The van der Waals surface area contributed by atoms with Gasteiger partial charge in [0.1, 0.15) is 6.04 Å². The molecule has 0 spiro atoms. The second-order valence-electron chi connectivity index (χ2n) is 7.88. The van der Waals surface area contributed by atoms with Gasteiger partial charge in [-0.1, -0.05) is 35.9 Å². The third-order valence-electron chi connectivity index (χ3n) is 5.21. The van der Waals surface area contributed by atoms with E-state index in [1.165, 1.54) is 18.2 Å². The van der Waals surface area contributed by atoms with Crippen LogP contribution < -0.4 is 5.32 Å². The first kappa shape index (κ1) is 26.2. The number of aryl methyl sites for hydroxylation is 1. The molecule has 0 saturated heterocycles. The molecule has 3 rings (SSSR count). The molecule has 1 atom stereocenters. The topological polar surface area (TPSA) is 133 Å². The number of halogens is 1. The van der Waals surface area contributed by atoms with Crippen LogP contribution in [-0.4, -0.2) is 45.7 Å². The number of carbonyl (C=O) groups excluding carboxylic acids is 2. The van der Waals surface area contributed by atoms with Crippen LogP contribution in [0.1, 0.15) is 38.3 Å². The molecule has 0 aliphatic heterocycles. The number of rotatable bonds is 8. The Morgan fingerprint density at radius 1 is 1.11 bits per heavy atom. The van der Waals surface area contributed by atoms with E-state index in [9.17, 15) is 24.3 Å². The van der Waals surface area contributed by atoms with Crippen LogP contribution in [0.2, 0.25) is 5.02 Å². The van der Waals surface area contributed by atoms with Gasteiger partial charge in [-0.25, -0.2) is 9.59 Å². The van der Waals surface area contributed by atoms with Gasteiger partial charge in [-0.3, -0.25) is 9.59 Å². The molecular formula is C27H22ClN2O6+. The highest BCUT2D eigenvalue weighted by molar-refractivity contribution is 6.34. The van der Waals surface area contributed by atoms with Gasteiger partial charge in [0.05, 0.1) is 40.8 Å². The van der Waals surface area contributed by atoms with E-state index < -0.39 is 29.8 Å². The highest BCUT2D eigenvalue weighted by atomic mass is 35.5. The summed E-state index contributed by atoms with van der Waals surface area (Å²) in [7, 11) is 0. The first-order valence-corrected chi connectivity index (χ1v) is 11.2. The van der Waals surface area contributed by atoms with Gasteiger partial charge >= 0.3 is 11.9 Å². The van der Waals surface area contributed by atoms with Crippen LogP contribution in [0.4, 0.5) is 0 Å². The van der Waals surface area contributed by atoms with Gasteiger partial charge < -0.3 is 15.5 Å². The Bertz CT molecular complexity index is 1320. The van der Waals surface area contributed by atoms with Crippen LogP contribution in [0.25, 0.3) is 6.08 Å². The molecule has 0 unspecified atom stereocenters. The zero-order chi connectivity index (χ0) is 26.2. The normalized spacial score (nSPS) is 14.7. The molecule has 0 aromatic heterocycles. The summed E-state index contributed by atoms with van der Waals surface area (Å²) < 4.78 is 0. The van der Waals surface area contributed by atoms with Crippen molar-refractivity contribution in [3.8, 4) is 0 Å². The maximum absolute atomic E-state index is 12.6. The van der Waals surface area contributed by atoms with E-state index in [0.29, 0.717) is 33.0 Å². The van der Waals surface area contributed by atoms with E-state index >= 15 is 0 Å². The van der Waals surface area contributed by atoms with Gasteiger partial charge in [0.25, 0.3) is 11.8 Å². The lowest BCUT2D eigenvalue weighted by Gasteiger charge is -2.14. The standard InChI is InChI=1S/C27H21ClN2O6/c1-16-4-2-7-21(28)24(16)26(34)29-20-11-8-18(9-12-20)15-22(27(35)36)30-25(33)19-6-3-5-17(14-19)10-13-23(31)32/h2-14,22H,15H2,1H3,(H2-,30,31,32,33,35,36)/p+1/b13-10+/t22-/m0/s1. The zero-order valence-corrected chi connectivity index (χ0v) is 19.9. The number of carboxylic acid groups (broad SMARTS) is 2. The molecule has 0 bridgehead atoms. The maximum Gasteiger partial charge on any atom is 0.328 e. The number of hydrogen-bond acceptors (Lipinski definition) is 4. The van der Waals surface area contributed by atoms with Crippen molar-refractivity contribution in [3.05, 3.63) is 106 Å². The van der Waals surface area contributed by atoms with Crippen LogP contribution in [-0.2, 0) is 9.59 Å². The van der Waals surface area contributed by atoms with Crippen molar-refractivity contribution >= 4 is 47.1 Å². The van der Waals surface area contributed by atoms with Gasteiger partial charge in [-0.05, 0) is 42.3 Å². The van der Waals surface area contributed by atoms with E-state index in [2.05, 4.69) is 10.3 Å². The van der Waals surface area contributed by atoms with Gasteiger partial charge in [0.15, 0.2) is 5.71 Å². The summed E-state index contributed by atoms with van der Waals surface area (Å²) in [6.07, 6.45) is 8.69. The van der Waals surface area contributed by atoms with Crippen molar-refractivity contribution in [2.24, 2.45) is 4.99 Å². The van der Waals surface area contributed by atoms with E-state index in [1.54, 1.807) is 61.9 Å². The smallest absolute Gasteiger partial charge is 0.328 e. The molecule has 1 aliphatic rings. The highest BCUT2D eigenvalue weighted by Crippen LogP contribution is 2.21. The molecule has 3 N–H and O–H groups in total. The molecule has 36 heavy (non-hydrogen) atoms. The summed E-state index contributed by atoms with van der Waals surface area (Å²) >= 11 is 6.13. The predicted octanol–water partition coefficient (Wildman–Crippen LogP) is 4.30. The van der Waals surface area contributed by atoms with Gasteiger partial charge in [-0.2, -0.15) is 4.99 Å². The largest absolute Gasteiger partial charge is 0.480 e. The number of allylic oxidation sites excluding steroid dienone is 3. The predicted molar refractivity (Wildman–Crippen MR) is 136 cm³/mol. The number of amides is 2. The fraction of sp³-hybridized carbons (Fsp3) is 0.111. The molecule has 0 heterocycles. The average molecular weight is 506 g/mol. The van der Waals surface area contributed by atoms with Crippen LogP contribution in [0.5, 0.6) is 0 Å². The quantitative estimate of drug-likeness (QED) is 0.362. The monoisotopic (exact) mass is 505 g/mol. The summed E-state index contributed by atoms with van der Waals surface area (Å²) in [5.74, 6) is -3.44. The lowest BCUT2D eigenvalue weighted by atomic mass is 9.98. The Hall–Kier alpha value is -4.43. The lowest BCUT2D eigenvalue weighted by Crippen LogP contribution is -2.41. The highest BCUT2D eigenvalue weighted by Gasteiger charge is 2.25. The Morgan fingerprint density at radius 2 is 1.86 bits per heavy atom. The van der Waals surface area contributed by atoms with Crippen LogP contribution in [0.3, 0.4) is 0 Å². The number of aliphatic carboxylic acids is 2. The van der Waals surface area contributed by atoms with E-state index in [0.717, 1.165) is 6.08 Å². The molecule has 0 saturated carbocycles. The lowest BCUT2D eigenvalue weighted by molar-refractivity contribution is -0.139. The molecule has 182 valence electrons. The summed E-state index contributed by atoms with van der Waals surface area (Å²) in [5.41, 5.74) is 2.69. The van der Waals surface area contributed by atoms with Gasteiger partial charge in [0, 0.05) is 18.1 Å². The number of nitrogens with one attached hydrogen (secondary N) is 1. The summed E-state index contributed by atoms with van der Waals surface area (Å²) in [5, 5.41) is 21.2. The second kappa shape index (κ2) is 11.8. The average Bonchev–Trinajstić information content (AvgIpc) is 2.83. The first-order valence-electron chi connectivity index (χ1n) is 10.8. The molecule has 0 fully saturated rings. The third kappa shape index (κ3) is 7.04. The summed E-state index contributed by atoms with van der Waals surface area (Å²) in [6.45, 7) is 1.76. The Labute approximate surface area is 212 Å². The minimum Gasteiger partial charge on any atom is -0.480 e. The molecule has 2 amide bonds. The summed E-state index contributed by atoms with van der Waals surface area (Å²) in [6, 6.07) is 10.1. The first-order chi connectivity index (χ1) is 17.1. The van der Waals surface area contributed by atoms with Crippen LogP contribution in [0, 0.1) is 13.3 Å². The Balaban J connectivity index is 1.66. The van der Waals surface area contributed by atoms with Crippen molar-refractivity contribution < 1.29 is 29.4 Å². The van der Waals surface area contributed by atoms with Crippen molar-refractivity contribution in [2.45, 2.75) is 19.4 Å². The van der Waals surface area contributed by atoms with E-state index in [-0.39, 0.29) is 12.0 Å². The van der Waals surface area contributed by atoms with Gasteiger partial charge in [-0.15, -0.1) is 0 Å².